The number of aromatic amines is 1. The molecule has 0 fully saturated rings. The second-order valence-electron chi connectivity index (χ2n) is 3.88. The highest BCUT2D eigenvalue weighted by molar-refractivity contribution is 4.70. The van der Waals surface area contributed by atoms with Crippen LogP contribution in [0.1, 0.15) is 26.6 Å². The van der Waals surface area contributed by atoms with E-state index in [-0.39, 0.29) is 5.41 Å². The molecule has 1 heterocycles. The van der Waals surface area contributed by atoms with Crippen LogP contribution in [0.15, 0.2) is 0 Å². The third-order valence-corrected chi connectivity index (χ3v) is 1.16. The summed E-state index contributed by atoms with van der Waals surface area (Å²) in [6.07, 6.45) is 0. The Bertz CT molecular complexity index is 214. The Balaban J connectivity index is 2.20. The molecule has 5 heteroatoms. The summed E-state index contributed by atoms with van der Waals surface area (Å²) in [5, 5.41) is 13.3. The summed E-state index contributed by atoms with van der Waals surface area (Å²) < 4.78 is 5.36. The fourth-order valence-corrected chi connectivity index (χ4v) is 0.692. The van der Waals surface area contributed by atoms with E-state index in [0.29, 0.717) is 19.0 Å². The largest absolute Gasteiger partial charge is 0.373 e. The van der Waals surface area contributed by atoms with E-state index in [1.165, 1.54) is 0 Å². The molecule has 68 valence electrons. The van der Waals surface area contributed by atoms with E-state index in [1.54, 1.807) is 0 Å². The van der Waals surface area contributed by atoms with E-state index >= 15 is 0 Å². The minimum absolute atomic E-state index is 0.184. The van der Waals surface area contributed by atoms with Crippen molar-refractivity contribution in [2.75, 3.05) is 6.61 Å². The van der Waals surface area contributed by atoms with Gasteiger partial charge in [0.05, 0.1) is 6.61 Å². The van der Waals surface area contributed by atoms with E-state index in [1.807, 2.05) is 0 Å². The lowest BCUT2D eigenvalue weighted by molar-refractivity contribution is 0.0561. The van der Waals surface area contributed by atoms with Crippen LogP contribution < -0.4 is 0 Å². The van der Waals surface area contributed by atoms with Crippen LogP contribution in [0.3, 0.4) is 0 Å². The smallest absolute Gasteiger partial charge is 0.200 e. The van der Waals surface area contributed by atoms with E-state index in [9.17, 15) is 0 Å². The van der Waals surface area contributed by atoms with Crippen molar-refractivity contribution in [1.29, 1.82) is 0 Å². The molecule has 0 aliphatic heterocycles. The molecule has 0 radical (unpaired) electrons. The van der Waals surface area contributed by atoms with Gasteiger partial charge in [0.25, 0.3) is 0 Å². The highest BCUT2D eigenvalue weighted by atomic mass is 16.5. The third kappa shape index (κ3) is 3.43. The van der Waals surface area contributed by atoms with Crippen molar-refractivity contribution in [2.45, 2.75) is 27.4 Å². The highest BCUT2D eigenvalue weighted by Gasteiger charge is 2.10. The first-order chi connectivity index (χ1) is 5.58. The third-order valence-electron chi connectivity index (χ3n) is 1.16. The van der Waals surface area contributed by atoms with Crippen molar-refractivity contribution in [3.63, 3.8) is 0 Å². The van der Waals surface area contributed by atoms with Crippen molar-refractivity contribution in [2.24, 2.45) is 5.41 Å². The zero-order chi connectivity index (χ0) is 9.03. The lowest BCUT2D eigenvalue weighted by atomic mass is 9.99. The van der Waals surface area contributed by atoms with Crippen LogP contribution in [0.4, 0.5) is 0 Å². The predicted molar refractivity (Wildman–Crippen MR) is 43.3 cm³/mol. The van der Waals surface area contributed by atoms with Gasteiger partial charge < -0.3 is 4.74 Å². The van der Waals surface area contributed by atoms with E-state index < -0.39 is 0 Å². The zero-order valence-corrected chi connectivity index (χ0v) is 7.66. The lowest BCUT2D eigenvalue weighted by Gasteiger charge is -2.16. The van der Waals surface area contributed by atoms with Gasteiger partial charge in [-0.15, -0.1) is 10.2 Å². The van der Waals surface area contributed by atoms with Crippen molar-refractivity contribution in [3.8, 4) is 0 Å². The Hall–Kier alpha value is -0.970. The Kier molecular flexibility index (Phi) is 2.75. The van der Waals surface area contributed by atoms with Gasteiger partial charge in [0.2, 0.25) is 0 Å². The van der Waals surface area contributed by atoms with Crippen LogP contribution in [-0.4, -0.2) is 27.2 Å². The number of hydrogen-bond donors (Lipinski definition) is 1. The molecule has 1 aromatic heterocycles. The first kappa shape index (κ1) is 9.12. The molecule has 0 saturated carbocycles. The first-order valence-electron chi connectivity index (χ1n) is 3.88. The molecule has 1 N–H and O–H groups in total. The summed E-state index contributed by atoms with van der Waals surface area (Å²) in [5.41, 5.74) is 0.184. The summed E-state index contributed by atoms with van der Waals surface area (Å²) >= 11 is 0. The molecule has 0 atom stereocenters. The Morgan fingerprint density at radius 3 is 2.67 bits per heavy atom. The van der Waals surface area contributed by atoms with E-state index in [0.717, 1.165) is 0 Å². The minimum atomic E-state index is 0.184. The molecule has 0 aliphatic carbocycles. The van der Waals surface area contributed by atoms with Gasteiger partial charge in [0, 0.05) is 0 Å². The van der Waals surface area contributed by atoms with E-state index in [4.69, 9.17) is 4.74 Å². The number of ether oxygens (including phenoxy) is 1. The topological polar surface area (TPSA) is 63.7 Å². The Morgan fingerprint density at radius 2 is 2.17 bits per heavy atom. The summed E-state index contributed by atoms with van der Waals surface area (Å²) in [5.74, 6) is 0.597. The molecular weight excluding hydrogens is 156 g/mol. The van der Waals surface area contributed by atoms with E-state index in [2.05, 4.69) is 41.4 Å². The Labute approximate surface area is 71.5 Å². The molecule has 5 nitrogen and oxygen atoms in total. The van der Waals surface area contributed by atoms with Crippen LogP contribution in [0.2, 0.25) is 0 Å². The number of aromatic nitrogens is 4. The molecule has 1 rings (SSSR count). The van der Waals surface area contributed by atoms with Crippen molar-refractivity contribution in [3.05, 3.63) is 5.82 Å². The molecule has 0 aliphatic rings. The van der Waals surface area contributed by atoms with Crippen molar-refractivity contribution >= 4 is 0 Å². The molecule has 0 aromatic carbocycles. The molecule has 12 heavy (non-hydrogen) atoms. The highest BCUT2D eigenvalue weighted by Crippen LogP contribution is 2.13. The standard InChI is InChI=1S/C7H14N4O/c1-7(2,3)5-12-4-6-8-10-11-9-6/h4-5H2,1-3H3,(H,8,9,10,11). The average molecular weight is 170 g/mol. The fourth-order valence-electron chi connectivity index (χ4n) is 0.692. The van der Waals surface area contributed by atoms with Crippen LogP contribution in [0.5, 0.6) is 0 Å². The second kappa shape index (κ2) is 3.62. The number of hydrogen-bond acceptors (Lipinski definition) is 4. The molecular formula is C7H14N4O. The quantitative estimate of drug-likeness (QED) is 0.727. The van der Waals surface area contributed by atoms with Gasteiger partial charge >= 0.3 is 0 Å². The first-order valence-corrected chi connectivity index (χ1v) is 3.88. The molecule has 0 bridgehead atoms. The summed E-state index contributed by atoms with van der Waals surface area (Å²) in [4.78, 5) is 0. The van der Waals surface area contributed by atoms with Crippen molar-refractivity contribution < 1.29 is 4.74 Å². The number of H-pyrrole nitrogens is 1. The lowest BCUT2D eigenvalue weighted by Crippen LogP contribution is -2.14. The van der Waals surface area contributed by atoms with Gasteiger partial charge in [-0.25, -0.2) is 0 Å². The summed E-state index contributed by atoms with van der Waals surface area (Å²) in [7, 11) is 0. The van der Waals surface area contributed by atoms with Gasteiger partial charge in [-0.1, -0.05) is 26.0 Å². The predicted octanol–water partition coefficient (Wildman–Crippen LogP) is 0.762. The maximum absolute atomic E-state index is 5.36. The van der Waals surface area contributed by atoms with Gasteiger partial charge in [-0.2, -0.15) is 5.21 Å². The van der Waals surface area contributed by atoms with Crippen LogP contribution >= 0.6 is 0 Å². The number of tetrazole rings is 1. The van der Waals surface area contributed by atoms with Crippen LogP contribution in [-0.2, 0) is 11.3 Å². The molecule has 0 unspecified atom stereocenters. The Morgan fingerprint density at radius 1 is 1.42 bits per heavy atom. The summed E-state index contributed by atoms with van der Waals surface area (Å²) in [6.45, 7) is 7.46. The number of nitrogens with one attached hydrogen (secondary N) is 1. The van der Waals surface area contributed by atoms with Gasteiger partial charge in [0.15, 0.2) is 5.82 Å². The van der Waals surface area contributed by atoms with Crippen LogP contribution in [0.25, 0.3) is 0 Å². The SMILES string of the molecule is CC(C)(C)COCc1nn[nH]n1. The number of rotatable bonds is 3. The molecule has 0 amide bonds. The molecule has 0 spiro atoms. The average Bonchev–Trinajstić information content (AvgIpc) is 2.36. The van der Waals surface area contributed by atoms with Gasteiger partial charge in [-0.3, -0.25) is 0 Å². The molecule has 0 saturated heterocycles. The van der Waals surface area contributed by atoms with Crippen molar-refractivity contribution in [1.82, 2.24) is 20.6 Å². The minimum Gasteiger partial charge on any atom is -0.373 e. The van der Waals surface area contributed by atoms with Gasteiger partial charge in [-0.05, 0) is 5.41 Å². The van der Waals surface area contributed by atoms with Crippen LogP contribution in [0, 0.1) is 5.41 Å². The monoisotopic (exact) mass is 170 g/mol. The number of nitrogens with zero attached hydrogens (tertiary/aromatic N) is 3. The zero-order valence-electron chi connectivity index (χ0n) is 7.66. The van der Waals surface area contributed by atoms with Gasteiger partial charge in [0.1, 0.15) is 6.61 Å². The maximum Gasteiger partial charge on any atom is 0.200 e. The molecule has 1 aromatic rings. The fraction of sp³-hybridized carbons (Fsp3) is 0.857. The second-order valence-corrected chi connectivity index (χ2v) is 3.88. The summed E-state index contributed by atoms with van der Waals surface area (Å²) in [6, 6.07) is 0. The normalized spacial score (nSPS) is 11.9. The maximum atomic E-state index is 5.36.